The van der Waals surface area contributed by atoms with E-state index in [9.17, 15) is 0 Å². The molecule has 3 rings (SSSR count). The Kier molecular flexibility index (Phi) is 1.27. The standard InChI is InChI=1S/C14H10/c1-9-10(2)13-8-4-6-11-5-3-7-12(9)14(11)13/h3-8H,1-2H2. The molecule has 14 heavy (non-hydrogen) atoms. The van der Waals surface area contributed by atoms with Crippen LogP contribution in [0.4, 0.5) is 0 Å². The van der Waals surface area contributed by atoms with Crippen LogP contribution in [-0.4, -0.2) is 0 Å². The van der Waals surface area contributed by atoms with E-state index in [0.29, 0.717) is 0 Å². The van der Waals surface area contributed by atoms with Crippen LogP contribution in [0.25, 0.3) is 21.9 Å². The fraction of sp³-hybridized carbons (Fsp3) is 0. The third-order valence-corrected chi connectivity index (χ3v) is 2.92. The van der Waals surface area contributed by atoms with Crippen LogP contribution in [0.3, 0.4) is 0 Å². The Balaban J connectivity index is 2.62. The zero-order chi connectivity index (χ0) is 9.71. The number of benzene rings is 2. The molecule has 2 aromatic rings. The maximum Gasteiger partial charge on any atom is -0.00268 e. The molecular weight excluding hydrogens is 168 g/mol. The second-order valence-corrected chi connectivity index (χ2v) is 3.67. The lowest BCUT2D eigenvalue weighted by molar-refractivity contribution is 1.72. The van der Waals surface area contributed by atoms with Crippen LogP contribution in [0, 0.1) is 0 Å². The van der Waals surface area contributed by atoms with E-state index in [1.165, 1.54) is 21.9 Å². The Bertz CT molecular complexity index is 525. The Hall–Kier alpha value is -1.82. The summed E-state index contributed by atoms with van der Waals surface area (Å²) in [6, 6.07) is 12.7. The molecule has 2 aromatic carbocycles. The molecule has 0 saturated heterocycles. The predicted molar refractivity (Wildman–Crippen MR) is 62.0 cm³/mol. The van der Waals surface area contributed by atoms with E-state index in [0.717, 1.165) is 11.1 Å². The average Bonchev–Trinajstić information content (AvgIpc) is 2.47. The van der Waals surface area contributed by atoms with Crippen molar-refractivity contribution in [1.82, 2.24) is 0 Å². The summed E-state index contributed by atoms with van der Waals surface area (Å²) in [6.45, 7) is 8.15. The topological polar surface area (TPSA) is 0 Å². The van der Waals surface area contributed by atoms with Gasteiger partial charge in [-0.2, -0.15) is 0 Å². The van der Waals surface area contributed by atoms with E-state index in [4.69, 9.17) is 0 Å². The lowest BCUT2D eigenvalue weighted by Crippen LogP contribution is -1.76. The van der Waals surface area contributed by atoms with E-state index in [1.807, 2.05) is 0 Å². The molecule has 0 radical (unpaired) electrons. The number of rotatable bonds is 0. The van der Waals surface area contributed by atoms with Gasteiger partial charge in [0.15, 0.2) is 0 Å². The van der Waals surface area contributed by atoms with Gasteiger partial charge < -0.3 is 0 Å². The van der Waals surface area contributed by atoms with Gasteiger partial charge in [0.2, 0.25) is 0 Å². The molecule has 66 valence electrons. The van der Waals surface area contributed by atoms with Crippen molar-refractivity contribution >= 4 is 21.9 Å². The molecule has 0 heteroatoms. The van der Waals surface area contributed by atoms with Crippen LogP contribution in [0.5, 0.6) is 0 Å². The van der Waals surface area contributed by atoms with Gasteiger partial charge in [-0.1, -0.05) is 49.6 Å². The van der Waals surface area contributed by atoms with Gasteiger partial charge >= 0.3 is 0 Å². The summed E-state index contributed by atoms with van der Waals surface area (Å²) in [4.78, 5) is 0. The number of allylic oxidation sites excluding steroid dienone is 2. The minimum absolute atomic E-state index is 1.07. The summed E-state index contributed by atoms with van der Waals surface area (Å²) in [5.74, 6) is 0. The second kappa shape index (κ2) is 2.36. The summed E-state index contributed by atoms with van der Waals surface area (Å²) in [5, 5.41) is 2.59. The van der Waals surface area contributed by atoms with Gasteiger partial charge in [0.1, 0.15) is 0 Å². The summed E-state index contributed by atoms with van der Waals surface area (Å²) in [6.07, 6.45) is 0. The summed E-state index contributed by atoms with van der Waals surface area (Å²) >= 11 is 0. The van der Waals surface area contributed by atoms with Gasteiger partial charge in [0, 0.05) is 0 Å². The fourth-order valence-corrected chi connectivity index (χ4v) is 2.17. The highest BCUT2D eigenvalue weighted by molar-refractivity contribution is 6.20. The molecule has 0 unspecified atom stereocenters. The van der Waals surface area contributed by atoms with Crippen molar-refractivity contribution in [2.24, 2.45) is 0 Å². The molecule has 0 amide bonds. The first-order chi connectivity index (χ1) is 6.79. The van der Waals surface area contributed by atoms with Gasteiger partial charge in [-0.3, -0.25) is 0 Å². The summed E-state index contributed by atoms with van der Waals surface area (Å²) in [5.41, 5.74) is 4.61. The molecule has 0 nitrogen and oxygen atoms in total. The third kappa shape index (κ3) is 0.734. The highest BCUT2D eigenvalue weighted by Gasteiger charge is 2.19. The van der Waals surface area contributed by atoms with Crippen molar-refractivity contribution in [3.63, 3.8) is 0 Å². The van der Waals surface area contributed by atoms with Crippen LogP contribution < -0.4 is 0 Å². The van der Waals surface area contributed by atoms with Crippen molar-refractivity contribution in [3.8, 4) is 0 Å². The lowest BCUT2D eigenvalue weighted by Gasteiger charge is -1.99. The molecule has 1 aliphatic rings. The average molecular weight is 178 g/mol. The molecule has 0 saturated carbocycles. The molecule has 0 bridgehead atoms. The van der Waals surface area contributed by atoms with Gasteiger partial charge in [-0.05, 0) is 33.0 Å². The van der Waals surface area contributed by atoms with Crippen LogP contribution in [-0.2, 0) is 0 Å². The smallest absolute Gasteiger partial charge is 0.00268 e. The minimum atomic E-state index is 1.07. The van der Waals surface area contributed by atoms with Gasteiger partial charge in [0.25, 0.3) is 0 Å². The molecule has 0 atom stereocenters. The zero-order valence-corrected chi connectivity index (χ0v) is 7.88. The number of hydrogen-bond donors (Lipinski definition) is 0. The summed E-state index contributed by atoms with van der Waals surface area (Å²) < 4.78 is 0. The van der Waals surface area contributed by atoms with Crippen molar-refractivity contribution < 1.29 is 0 Å². The first-order valence-corrected chi connectivity index (χ1v) is 4.70. The fourth-order valence-electron chi connectivity index (χ4n) is 2.17. The molecular formula is C14H10. The normalized spacial score (nSPS) is 14.0. The molecule has 0 aliphatic heterocycles. The van der Waals surface area contributed by atoms with E-state index < -0.39 is 0 Å². The van der Waals surface area contributed by atoms with Crippen LogP contribution in [0.1, 0.15) is 11.1 Å². The molecule has 0 heterocycles. The Morgan fingerprint density at radius 3 is 1.71 bits per heavy atom. The Morgan fingerprint density at radius 1 is 0.714 bits per heavy atom. The first kappa shape index (κ1) is 7.57. The van der Waals surface area contributed by atoms with Gasteiger partial charge in [-0.25, -0.2) is 0 Å². The van der Waals surface area contributed by atoms with Crippen molar-refractivity contribution in [3.05, 3.63) is 60.7 Å². The largest absolute Gasteiger partial charge is 0.0905 e. The predicted octanol–water partition coefficient (Wildman–Crippen LogP) is 3.88. The van der Waals surface area contributed by atoms with Gasteiger partial charge in [0.05, 0.1) is 0 Å². The Labute approximate surface area is 83.2 Å². The van der Waals surface area contributed by atoms with E-state index in [-0.39, 0.29) is 0 Å². The molecule has 0 aromatic heterocycles. The second-order valence-electron chi connectivity index (χ2n) is 3.67. The molecule has 0 fully saturated rings. The quantitative estimate of drug-likeness (QED) is 0.574. The summed E-state index contributed by atoms with van der Waals surface area (Å²) in [7, 11) is 0. The van der Waals surface area contributed by atoms with Gasteiger partial charge in [-0.15, -0.1) is 0 Å². The maximum atomic E-state index is 4.08. The molecule has 0 spiro atoms. The van der Waals surface area contributed by atoms with E-state index in [2.05, 4.69) is 49.6 Å². The van der Waals surface area contributed by atoms with Crippen LogP contribution in [0.2, 0.25) is 0 Å². The van der Waals surface area contributed by atoms with Crippen molar-refractivity contribution in [2.45, 2.75) is 0 Å². The van der Waals surface area contributed by atoms with E-state index in [1.54, 1.807) is 0 Å². The van der Waals surface area contributed by atoms with Crippen LogP contribution in [0.15, 0.2) is 49.6 Å². The molecule has 0 N–H and O–H groups in total. The SMILES string of the molecule is C=C1C(=C)c2cccc3cccc1c23. The number of hydrogen-bond acceptors (Lipinski definition) is 0. The zero-order valence-electron chi connectivity index (χ0n) is 7.88. The lowest BCUT2D eigenvalue weighted by atomic mass is 10.1. The van der Waals surface area contributed by atoms with E-state index >= 15 is 0 Å². The Morgan fingerprint density at radius 2 is 1.21 bits per heavy atom. The van der Waals surface area contributed by atoms with Crippen molar-refractivity contribution in [1.29, 1.82) is 0 Å². The monoisotopic (exact) mass is 178 g/mol. The maximum absolute atomic E-state index is 4.08. The third-order valence-electron chi connectivity index (χ3n) is 2.92. The highest BCUT2D eigenvalue weighted by Crippen LogP contribution is 2.43. The van der Waals surface area contributed by atoms with Crippen LogP contribution >= 0.6 is 0 Å². The minimum Gasteiger partial charge on any atom is -0.0905 e. The highest BCUT2D eigenvalue weighted by atomic mass is 14.2. The first-order valence-electron chi connectivity index (χ1n) is 4.70. The molecule has 1 aliphatic carbocycles. The van der Waals surface area contributed by atoms with Crippen molar-refractivity contribution in [2.75, 3.05) is 0 Å².